The number of carboxylic acid groups (broad SMARTS) is 1. The Labute approximate surface area is 345 Å². The lowest BCUT2D eigenvalue weighted by atomic mass is 9.87. The predicted octanol–water partition coefficient (Wildman–Crippen LogP) is 5.69. The Bertz CT molecular complexity index is 2310. The molecule has 0 bridgehead atoms. The average Bonchev–Trinajstić information content (AvgIpc) is 3.70. The number of amides is 3. The number of imide groups is 1. The molecule has 3 amide bonds. The van der Waals surface area contributed by atoms with Crippen molar-refractivity contribution >= 4 is 51.9 Å². The number of carboxylic acids is 1. The number of methoxy groups -OCH3 is 1. The van der Waals surface area contributed by atoms with E-state index in [1.807, 2.05) is 24.3 Å². The number of pyridine rings is 1. The Morgan fingerprint density at radius 2 is 1.73 bits per heavy atom. The number of nitrogens with one attached hydrogen (secondary N) is 3. The van der Waals surface area contributed by atoms with E-state index in [1.165, 1.54) is 11.7 Å². The molecule has 0 saturated carbocycles. The SMILES string of the molecule is COc1cc(-c2cn(C)c(=O)c3[nH]ncc23)cc(Cl)c1CN1CCC(CC(=O)N2CCC(c3ccc(NC4CCC(=O)NC4=O)cc3)CC2)C(F)(F)C1.O=C(O)C(F)(F)F. The Morgan fingerprint density at radius 1 is 1.05 bits per heavy atom. The molecule has 2 unspecified atom stereocenters. The third-order valence-corrected chi connectivity index (χ3v) is 11.5. The predicted molar refractivity (Wildman–Crippen MR) is 210 cm³/mol. The molecule has 4 N–H and O–H groups in total. The van der Waals surface area contributed by atoms with Crippen LogP contribution in [-0.4, -0.2) is 105 Å². The van der Waals surface area contributed by atoms with Crippen LogP contribution in [0, 0.1) is 5.92 Å². The number of H-pyrrole nitrogens is 1. The molecule has 20 heteroatoms. The molecule has 2 aromatic carbocycles. The first-order chi connectivity index (χ1) is 28.3. The maximum Gasteiger partial charge on any atom is 0.490 e. The van der Waals surface area contributed by atoms with Gasteiger partial charge in [0.1, 0.15) is 17.3 Å². The highest BCUT2D eigenvalue weighted by molar-refractivity contribution is 6.32. The lowest BCUT2D eigenvalue weighted by Gasteiger charge is -2.39. The minimum Gasteiger partial charge on any atom is -0.496 e. The summed E-state index contributed by atoms with van der Waals surface area (Å²) >= 11 is 6.77. The van der Waals surface area contributed by atoms with Crippen LogP contribution in [0.4, 0.5) is 27.6 Å². The van der Waals surface area contributed by atoms with E-state index in [0.717, 1.165) is 29.7 Å². The van der Waals surface area contributed by atoms with Gasteiger partial charge in [-0.2, -0.15) is 18.3 Å². The minimum absolute atomic E-state index is 0.147. The van der Waals surface area contributed by atoms with Gasteiger partial charge in [0, 0.05) is 78.9 Å². The standard InChI is InChI=1S/C38H42ClF2N7O5.C2HF3O2/c1-46-19-28(27-18-42-45-35(27)37(46)52)24-15-30(39)29(32(16-24)53-2)20-47-12-11-25(38(40,41)21-47)17-34(50)48-13-9-23(10-14-48)22-3-5-26(6-4-22)43-31-7-8-33(49)44-36(31)51;3-2(4,5)1(6)7/h3-6,15-16,18-19,23,25,31,43H,7-14,17,20-21H2,1-2H3,(H,42,45)(H,44,49,51);(H,6,7). The van der Waals surface area contributed by atoms with Crippen LogP contribution < -0.4 is 20.9 Å². The molecule has 2 atom stereocenters. The number of hydrogen-bond acceptors (Lipinski definition) is 9. The van der Waals surface area contributed by atoms with E-state index in [1.54, 1.807) is 41.4 Å². The summed E-state index contributed by atoms with van der Waals surface area (Å²) in [6.45, 7) is 1.03. The molecule has 4 aromatic rings. The van der Waals surface area contributed by atoms with Crippen LogP contribution in [0.15, 0.2) is 53.6 Å². The second kappa shape index (κ2) is 18.0. The molecule has 3 aliphatic heterocycles. The van der Waals surface area contributed by atoms with Gasteiger partial charge >= 0.3 is 12.1 Å². The zero-order chi connectivity index (χ0) is 43.5. The number of anilines is 1. The Morgan fingerprint density at radius 3 is 2.35 bits per heavy atom. The van der Waals surface area contributed by atoms with E-state index in [-0.39, 0.29) is 48.6 Å². The summed E-state index contributed by atoms with van der Waals surface area (Å²) in [5.41, 5.74) is 4.06. The second-order valence-electron chi connectivity index (χ2n) is 15.1. The Kier molecular flexibility index (Phi) is 13.2. The average molecular weight is 864 g/mol. The van der Waals surface area contributed by atoms with Gasteiger partial charge in [0.25, 0.3) is 11.5 Å². The molecule has 14 nitrogen and oxygen atoms in total. The molecule has 60 heavy (non-hydrogen) atoms. The summed E-state index contributed by atoms with van der Waals surface area (Å²) in [4.78, 5) is 61.6. The number of ether oxygens (including phenoxy) is 1. The first-order valence-electron chi connectivity index (χ1n) is 19.1. The van der Waals surface area contributed by atoms with Crippen LogP contribution >= 0.6 is 11.6 Å². The number of aliphatic carboxylic acids is 1. The molecule has 3 saturated heterocycles. The van der Waals surface area contributed by atoms with Gasteiger partial charge in [0.2, 0.25) is 17.7 Å². The van der Waals surface area contributed by atoms with E-state index < -0.39 is 36.6 Å². The fourth-order valence-corrected chi connectivity index (χ4v) is 8.11. The summed E-state index contributed by atoms with van der Waals surface area (Å²) < 4.78 is 70.2. The summed E-state index contributed by atoms with van der Waals surface area (Å²) in [6.07, 6.45) is 0.373. The summed E-state index contributed by atoms with van der Waals surface area (Å²) in [5.74, 6) is -7.03. The summed E-state index contributed by atoms with van der Waals surface area (Å²) in [7, 11) is 3.15. The number of aromatic amines is 1. The van der Waals surface area contributed by atoms with Crippen molar-refractivity contribution in [2.75, 3.05) is 38.6 Å². The fourth-order valence-electron chi connectivity index (χ4n) is 7.84. The topological polar surface area (TPSA) is 179 Å². The molecule has 5 heterocycles. The van der Waals surface area contributed by atoms with E-state index in [0.29, 0.717) is 65.3 Å². The number of rotatable bonds is 9. The molecule has 322 valence electrons. The van der Waals surface area contributed by atoms with Gasteiger partial charge in [-0.1, -0.05) is 23.7 Å². The Hall–Kier alpha value is -5.56. The molecule has 3 aliphatic rings. The van der Waals surface area contributed by atoms with Crippen molar-refractivity contribution in [2.45, 2.75) is 69.1 Å². The van der Waals surface area contributed by atoms with Crippen molar-refractivity contribution in [3.05, 3.63) is 75.3 Å². The van der Waals surface area contributed by atoms with Crippen molar-refractivity contribution in [1.29, 1.82) is 0 Å². The first kappa shape index (κ1) is 44.0. The van der Waals surface area contributed by atoms with Crippen LogP contribution in [0.1, 0.15) is 55.6 Å². The van der Waals surface area contributed by atoms with Crippen molar-refractivity contribution in [1.82, 2.24) is 29.9 Å². The third-order valence-electron chi connectivity index (χ3n) is 11.2. The normalized spacial score (nSPS) is 20.0. The molecular formula is C40H43ClF5N7O7. The molecule has 3 fully saturated rings. The number of likely N-dealkylation sites (tertiary alicyclic amines) is 2. The smallest absolute Gasteiger partial charge is 0.490 e. The highest BCUT2D eigenvalue weighted by Gasteiger charge is 2.46. The van der Waals surface area contributed by atoms with Gasteiger partial charge in [0.15, 0.2) is 0 Å². The van der Waals surface area contributed by atoms with Crippen molar-refractivity contribution in [2.24, 2.45) is 13.0 Å². The number of aryl methyl sites for hydroxylation is 1. The maximum absolute atomic E-state index is 15.7. The van der Waals surface area contributed by atoms with Crippen LogP contribution in [0.3, 0.4) is 0 Å². The van der Waals surface area contributed by atoms with Crippen LogP contribution in [-0.2, 0) is 32.8 Å². The number of aromatic nitrogens is 3. The van der Waals surface area contributed by atoms with E-state index in [4.69, 9.17) is 26.2 Å². The summed E-state index contributed by atoms with van der Waals surface area (Å²) in [5, 5.41) is 20.4. The molecule has 0 spiro atoms. The number of fused-ring (bicyclic) bond motifs is 1. The lowest BCUT2D eigenvalue weighted by molar-refractivity contribution is -0.192. The minimum atomic E-state index is -5.08. The van der Waals surface area contributed by atoms with Gasteiger partial charge in [0.05, 0.1) is 19.9 Å². The zero-order valence-electron chi connectivity index (χ0n) is 32.6. The number of alkyl halides is 5. The highest BCUT2D eigenvalue weighted by atomic mass is 35.5. The summed E-state index contributed by atoms with van der Waals surface area (Å²) in [6, 6.07) is 10.9. The zero-order valence-corrected chi connectivity index (χ0v) is 33.3. The second-order valence-corrected chi connectivity index (χ2v) is 15.6. The molecular weight excluding hydrogens is 821 g/mol. The first-order valence-corrected chi connectivity index (χ1v) is 19.5. The van der Waals surface area contributed by atoms with Gasteiger partial charge in [-0.3, -0.25) is 34.5 Å². The van der Waals surface area contributed by atoms with E-state index in [2.05, 4.69) is 20.8 Å². The molecule has 7 rings (SSSR count). The lowest BCUT2D eigenvalue weighted by Crippen LogP contribution is -2.50. The van der Waals surface area contributed by atoms with Crippen molar-refractivity contribution in [3.63, 3.8) is 0 Å². The van der Waals surface area contributed by atoms with Gasteiger partial charge in [-0.25, -0.2) is 13.6 Å². The number of halogens is 6. The Balaban J connectivity index is 0.000000793. The fraction of sp³-hybridized carbons (Fsp3) is 0.450. The number of nitrogens with zero attached hydrogens (tertiary/aromatic N) is 4. The maximum atomic E-state index is 15.7. The highest BCUT2D eigenvalue weighted by Crippen LogP contribution is 2.40. The quantitative estimate of drug-likeness (QED) is 0.121. The monoisotopic (exact) mass is 863 g/mol. The van der Waals surface area contributed by atoms with Gasteiger partial charge in [-0.05, 0) is 73.5 Å². The van der Waals surface area contributed by atoms with Crippen LogP contribution in [0.5, 0.6) is 5.75 Å². The molecule has 2 aromatic heterocycles. The molecule has 0 radical (unpaired) electrons. The van der Waals surface area contributed by atoms with E-state index >= 15 is 8.78 Å². The van der Waals surface area contributed by atoms with Crippen molar-refractivity contribution in [3.8, 4) is 16.9 Å². The molecule has 0 aliphatic carbocycles. The van der Waals surface area contributed by atoms with Gasteiger partial charge < -0.3 is 24.6 Å². The van der Waals surface area contributed by atoms with Crippen molar-refractivity contribution < 1.29 is 51.0 Å². The number of carbonyl (C=O) groups excluding carboxylic acids is 3. The van der Waals surface area contributed by atoms with Gasteiger partial charge in [-0.15, -0.1) is 0 Å². The van der Waals surface area contributed by atoms with Crippen LogP contribution in [0.2, 0.25) is 5.02 Å². The number of piperidine rings is 3. The van der Waals surface area contributed by atoms with E-state index in [9.17, 15) is 32.3 Å². The third kappa shape index (κ3) is 10.1. The largest absolute Gasteiger partial charge is 0.496 e. The number of carbonyl (C=O) groups is 4. The number of benzene rings is 2. The van der Waals surface area contributed by atoms with Crippen LogP contribution in [0.25, 0.3) is 22.0 Å². The number of hydrogen-bond donors (Lipinski definition) is 4.